The Kier molecular flexibility index (Phi) is 5.27. The highest BCUT2D eigenvalue weighted by atomic mass is 79.9. The van der Waals surface area contributed by atoms with Crippen LogP contribution in [0.1, 0.15) is 15.4 Å². The SMILES string of the molecule is NC(=O)CN(Cc1ccc(Br)cc1)C(=O)c1nnc(Cl)s1. The summed E-state index contributed by atoms with van der Waals surface area (Å²) in [5.74, 6) is -1.03. The molecule has 0 aliphatic rings. The number of carbonyl (C=O) groups is 2. The van der Waals surface area contributed by atoms with Gasteiger partial charge < -0.3 is 10.6 Å². The lowest BCUT2D eigenvalue weighted by atomic mass is 10.2. The molecule has 1 aromatic carbocycles. The van der Waals surface area contributed by atoms with Gasteiger partial charge >= 0.3 is 0 Å². The van der Waals surface area contributed by atoms with Crippen molar-refractivity contribution in [2.45, 2.75) is 6.54 Å². The van der Waals surface area contributed by atoms with Crippen LogP contribution in [-0.4, -0.2) is 33.5 Å². The molecule has 1 aromatic heterocycles. The maximum absolute atomic E-state index is 12.3. The largest absolute Gasteiger partial charge is 0.368 e. The fraction of sp³-hybridized carbons (Fsp3) is 0.167. The van der Waals surface area contributed by atoms with Gasteiger partial charge in [-0.3, -0.25) is 9.59 Å². The van der Waals surface area contributed by atoms with Crippen LogP contribution in [0.15, 0.2) is 28.7 Å². The standard InChI is InChI=1S/C12H10BrClN4O2S/c13-8-3-1-7(2-4-8)5-18(6-9(15)19)11(20)10-16-17-12(14)21-10/h1-4H,5-6H2,(H2,15,19). The molecule has 0 bridgehead atoms. The molecule has 0 saturated heterocycles. The van der Waals surface area contributed by atoms with Gasteiger partial charge in [-0.2, -0.15) is 0 Å². The number of halogens is 2. The zero-order chi connectivity index (χ0) is 15.4. The van der Waals surface area contributed by atoms with E-state index in [1.54, 1.807) is 0 Å². The van der Waals surface area contributed by atoms with Crippen LogP contribution < -0.4 is 5.73 Å². The molecule has 1 heterocycles. The van der Waals surface area contributed by atoms with Crippen molar-refractivity contribution in [1.82, 2.24) is 15.1 Å². The summed E-state index contributed by atoms with van der Waals surface area (Å²) in [5, 5.41) is 7.39. The van der Waals surface area contributed by atoms with Crippen molar-refractivity contribution in [3.8, 4) is 0 Å². The van der Waals surface area contributed by atoms with E-state index < -0.39 is 11.8 Å². The van der Waals surface area contributed by atoms with Crippen LogP contribution >= 0.6 is 38.9 Å². The zero-order valence-electron chi connectivity index (χ0n) is 10.6. The first-order chi connectivity index (χ1) is 9.95. The molecule has 0 aliphatic heterocycles. The Balaban J connectivity index is 2.19. The van der Waals surface area contributed by atoms with Crippen molar-refractivity contribution >= 4 is 50.7 Å². The van der Waals surface area contributed by atoms with E-state index in [0.717, 1.165) is 21.4 Å². The van der Waals surface area contributed by atoms with Crippen molar-refractivity contribution < 1.29 is 9.59 Å². The Morgan fingerprint density at radius 2 is 1.95 bits per heavy atom. The van der Waals surface area contributed by atoms with Gasteiger partial charge in [-0.15, -0.1) is 10.2 Å². The Labute approximate surface area is 138 Å². The molecule has 9 heteroatoms. The molecule has 6 nitrogen and oxygen atoms in total. The number of nitrogens with two attached hydrogens (primary N) is 1. The molecule has 0 saturated carbocycles. The average molecular weight is 390 g/mol. The second-order valence-corrected chi connectivity index (χ2v) is 6.59. The maximum Gasteiger partial charge on any atom is 0.285 e. The van der Waals surface area contributed by atoms with E-state index in [1.165, 1.54) is 4.90 Å². The number of rotatable bonds is 5. The lowest BCUT2D eigenvalue weighted by molar-refractivity contribution is -0.118. The van der Waals surface area contributed by atoms with Gasteiger partial charge in [0.1, 0.15) is 6.54 Å². The highest BCUT2D eigenvalue weighted by Gasteiger charge is 2.21. The first-order valence-electron chi connectivity index (χ1n) is 5.76. The minimum absolute atomic E-state index is 0.123. The second-order valence-electron chi connectivity index (χ2n) is 4.11. The van der Waals surface area contributed by atoms with Crippen molar-refractivity contribution in [2.75, 3.05) is 6.54 Å². The van der Waals surface area contributed by atoms with Crippen LogP contribution in [0.25, 0.3) is 0 Å². The Bertz CT molecular complexity index is 662. The van der Waals surface area contributed by atoms with Crippen molar-refractivity contribution in [3.63, 3.8) is 0 Å². The van der Waals surface area contributed by atoms with Gasteiger partial charge in [0, 0.05) is 11.0 Å². The fourth-order valence-electron chi connectivity index (χ4n) is 1.62. The number of primary amides is 1. The molecule has 2 amide bonds. The van der Waals surface area contributed by atoms with Crippen molar-refractivity contribution in [1.29, 1.82) is 0 Å². The van der Waals surface area contributed by atoms with Gasteiger partial charge in [0.15, 0.2) is 0 Å². The van der Waals surface area contributed by atoms with Crippen LogP contribution in [0.2, 0.25) is 4.47 Å². The molecule has 110 valence electrons. The summed E-state index contributed by atoms with van der Waals surface area (Å²) in [6.07, 6.45) is 0. The van der Waals surface area contributed by atoms with Crippen LogP contribution in [0.3, 0.4) is 0 Å². The summed E-state index contributed by atoms with van der Waals surface area (Å²) in [5.41, 5.74) is 6.06. The minimum Gasteiger partial charge on any atom is -0.368 e. The molecule has 0 radical (unpaired) electrons. The van der Waals surface area contributed by atoms with Crippen LogP contribution in [0.4, 0.5) is 0 Å². The van der Waals surface area contributed by atoms with Crippen LogP contribution in [0, 0.1) is 0 Å². The molecule has 2 aromatic rings. The number of nitrogens with zero attached hydrogens (tertiary/aromatic N) is 3. The van der Waals surface area contributed by atoms with Gasteiger partial charge in [0.25, 0.3) is 5.91 Å². The normalized spacial score (nSPS) is 10.4. The molecular weight excluding hydrogens is 380 g/mol. The molecule has 2 rings (SSSR count). The second kappa shape index (κ2) is 6.97. The Morgan fingerprint density at radius 1 is 1.29 bits per heavy atom. The quantitative estimate of drug-likeness (QED) is 0.848. The lowest BCUT2D eigenvalue weighted by Crippen LogP contribution is -2.38. The van der Waals surface area contributed by atoms with Gasteiger partial charge in [0.2, 0.25) is 15.4 Å². The minimum atomic E-state index is -0.601. The molecule has 21 heavy (non-hydrogen) atoms. The molecule has 2 N–H and O–H groups in total. The fourth-order valence-corrected chi connectivity index (χ4v) is 2.69. The number of hydrogen-bond acceptors (Lipinski definition) is 5. The van der Waals surface area contributed by atoms with Gasteiger partial charge in [-0.1, -0.05) is 39.4 Å². The summed E-state index contributed by atoms with van der Waals surface area (Å²) >= 11 is 9.96. The van der Waals surface area contributed by atoms with E-state index in [9.17, 15) is 9.59 Å². The number of benzene rings is 1. The smallest absolute Gasteiger partial charge is 0.285 e. The predicted octanol–water partition coefficient (Wildman–Crippen LogP) is 2.08. The topological polar surface area (TPSA) is 89.2 Å². The third kappa shape index (κ3) is 4.48. The monoisotopic (exact) mass is 388 g/mol. The molecule has 0 atom stereocenters. The molecular formula is C12H10BrClN4O2S. The lowest BCUT2D eigenvalue weighted by Gasteiger charge is -2.19. The maximum atomic E-state index is 12.3. The molecule has 0 fully saturated rings. The van der Waals surface area contributed by atoms with E-state index in [2.05, 4.69) is 26.1 Å². The molecule has 0 unspecified atom stereocenters. The number of hydrogen-bond donors (Lipinski definition) is 1. The van der Waals surface area contributed by atoms with Gasteiger partial charge in [-0.25, -0.2) is 0 Å². The summed E-state index contributed by atoms with van der Waals surface area (Å²) in [7, 11) is 0. The van der Waals surface area contributed by atoms with Crippen LogP contribution in [-0.2, 0) is 11.3 Å². The molecule has 0 spiro atoms. The predicted molar refractivity (Wildman–Crippen MR) is 83.0 cm³/mol. The summed E-state index contributed by atoms with van der Waals surface area (Å²) in [6, 6.07) is 7.39. The number of carbonyl (C=O) groups excluding carboxylic acids is 2. The summed E-state index contributed by atoms with van der Waals surface area (Å²) < 4.78 is 1.09. The number of aromatic nitrogens is 2. The highest BCUT2D eigenvalue weighted by molar-refractivity contribution is 9.10. The highest BCUT2D eigenvalue weighted by Crippen LogP contribution is 2.18. The van der Waals surface area contributed by atoms with Crippen molar-refractivity contribution in [3.05, 3.63) is 43.8 Å². The van der Waals surface area contributed by atoms with E-state index >= 15 is 0 Å². The van der Waals surface area contributed by atoms with E-state index in [0.29, 0.717) is 0 Å². The third-order valence-corrected chi connectivity index (χ3v) is 4.04. The van der Waals surface area contributed by atoms with Crippen LogP contribution in [0.5, 0.6) is 0 Å². The average Bonchev–Trinajstić information content (AvgIpc) is 2.86. The zero-order valence-corrected chi connectivity index (χ0v) is 13.8. The molecule has 0 aliphatic carbocycles. The van der Waals surface area contributed by atoms with E-state index in [4.69, 9.17) is 17.3 Å². The van der Waals surface area contributed by atoms with E-state index in [1.807, 2.05) is 24.3 Å². The van der Waals surface area contributed by atoms with Crippen molar-refractivity contribution in [2.24, 2.45) is 5.73 Å². The summed E-state index contributed by atoms with van der Waals surface area (Å²) in [4.78, 5) is 24.8. The third-order valence-electron chi connectivity index (χ3n) is 2.50. The summed E-state index contributed by atoms with van der Waals surface area (Å²) in [6.45, 7) is 0.0400. The first kappa shape index (κ1) is 15.9. The van der Waals surface area contributed by atoms with Gasteiger partial charge in [-0.05, 0) is 29.3 Å². The number of amides is 2. The van der Waals surface area contributed by atoms with E-state index in [-0.39, 0.29) is 22.6 Å². The van der Waals surface area contributed by atoms with Gasteiger partial charge in [0.05, 0.1) is 0 Å². The first-order valence-corrected chi connectivity index (χ1v) is 7.75. The Hall–Kier alpha value is -1.51. The Morgan fingerprint density at radius 3 is 2.48 bits per heavy atom.